The maximum Gasteiger partial charge on any atom is 0.261 e. The topological polar surface area (TPSA) is 58.6 Å². The van der Waals surface area contributed by atoms with Crippen molar-refractivity contribution in [1.82, 2.24) is 10.2 Å². The summed E-state index contributed by atoms with van der Waals surface area (Å²) >= 11 is 3.45. The molecule has 2 amide bonds. The van der Waals surface area contributed by atoms with Gasteiger partial charge in [-0.05, 0) is 68.5 Å². The summed E-state index contributed by atoms with van der Waals surface area (Å²) < 4.78 is 6.84. The molecule has 0 heterocycles. The van der Waals surface area contributed by atoms with Crippen LogP contribution in [0.4, 0.5) is 0 Å². The first-order valence-corrected chi connectivity index (χ1v) is 12.2. The van der Waals surface area contributed by atoms with E-state index in [0.29, 0.717) is 12.3 Å². The minimum atomic E-state index is -0.588. The lowest BCUT2D eigenvalue weighted by Gasteiger charge is -2.31. The fourth-order valence-electron chi connectivity index (χ4n) is 4.02. The van der Waals surface area contributed by atoms with E-state index in [-0.39, 0.29) is 24.5 Å². The fourth-order valence-corrected chi connectivity index (χ4v) is 4.29. The Morgan fingerprint density at radius 3 is 2.47 bits per heavy atom. The second-order valence-corrected chi connectivity index (χ2v) is 9.64. The van der Waals surface area contributed by atoms with Crippen LogP contribution in [0.25, 0.3) is 0 Å². The summed E-state index contributed by atoms with van der Waals surface area (Å²) in [5, 5.41) is 3.16. The number of halogens is 1. The SMILES string of the molecule is Cc1ccc(C)c(OCC(=O)N(Cc2ccc(Br)cc2)[C@H](C)C(=O)NC2CCCCC2)c1. The van der Waals surface area contributed by atoms with E-state index in [2.05, 4.69) is 21.2 Å². The van der Waals surface area contributed by atoms with Gasteiger partial charge in [-0.2, -0.15) is 0 Å². The summed E-state index contributed by atoms with van der Waals surface area (Å²) in [6, 6.07) is 13.3. The van der Waals surface area contributed by atoms with Crippen LogP contribution in [0.1, 0.15) is 55.7 Å². The predicted octanol–water partition coefficient (Wildman–Crippen LogP) is 5.31. The van der Waals surface area contributed by atoms with E-state index in [4.69, 9.17) is 4.74 Å². The normalized spacial score (nSPS) is 15.1. The molecular formula is C26H33BrN2O3. The van der Waals surface area contributed by atoms with Gasteiger partial charge in [0, 0.05) is 17.1 Å². The molecule has 1 aliphatic rings. The van der Waals surface area contributed by atoms with Crippen LogP contribution in [0.3, 0.4) is 0 Å². The summed E-state index contributed by atoms with van der Waals surface area (Å²) in [5.41, 5.74) is 3.02. The van der Waals surface area contributed by atoms with Gasteiger partial charge in [0.15, 0.2) is 6.61 Å². The smallest absolute Gasteiger partial charge is 0.261 e. The lowest BCUT2D eigenvalue weighted by Crippen LogP contribution is -2.51. The first-order valence-electron chi connectivity index (χ1n) is 11.4. The van der Waals surface area contributed by atoms with Crippen molar-refractivity contribution >= 4 is 27.7 Å². The third-order valence-corrected chi connectivity index (χ3v) is 6.61. The van der Waals surface area contributed by atoms with E-state index in [1.54, 1.807) is 11.8 Å². The van der Waals surface area contributed by atoms with Gasteiger partial charge in [-0.15, -0.1) is 0 Å². The van der Waals surface area contributed by atoms with Crippen LogP contribution < -0.4 is 10.1 Å². The standard InChI is InChI=1S/C26H33BrN2O3/c1-18-9-10-19(2)24(15-18)32-17-25(30)29(16-21-11-13-22(27)14-12-21)20(3)26(31)28-23-7-5-4-6-8-23/h9-15,20,23H,4-8,16-17H2,1-3H3,(H,28,31)/t20-/m1/s1. The largest absolute Gasteiger partial charge is 0.483 e. The number of carbonyl (C=O) groups is 2. The van der Waals surface area contributed by atoms with Crippen molar-refractivity contribution in [3.8, 4) is 5.75 Å². The van der Waals surface area contributed by atoms with Crippen LogP contribution in [0.2, 0.25) is 0 Å². The molecule has 5 nitrogen and oxygen atoms in total. The second-order valence-electron chi connectivity index (χ2n) is 8.73. The van der Waals surface area contributed by atoms with Crippen molar-refractivity contribution < 1.29 is 14.3 Å². The molecule has 0 bridgehead atoms. The van der Waals surface area contributed by atoms with E-state index in [0.717, 1.165) is 46.8 Å². The lowest BCUT2D eigenvalue weighted by molar-refractivity contribution is -0.142. The second kappa shape index (κ2) is 11.5. The highest BCUT2D eigenvalue weighted by Crippen LogP contribution is 2.21. The molecule has 1 aliphatic carbocycles. The average molecular weight is 501 g/mol. The van der Waals surface area contributed by atoms with Gasteiger partial charge in [0.25, 0.3) is 5.91 Å². The number of rotatable bonds is 8. The molecule has 6 heteroatoms. The molecule has 0 radical (unpaired) electrons. The van der Waals surface area contributed by atoms with E-state index >= 15 is 0 Å². The molecule has 0 saturated heterocycles. The predicted molar refractivity (Wildman–Crippen MR) is 131 cm³/mol. The van der Waals surface area contributed by atoms with Crippen molar-refractivity contribution in [2.45, 2.75) is 71.5 Å². The van der Waals surface area contributed by atoms with Gasteiger partial charge in [-0.25, -0.2) is 0 Å². The third kappa shape index (κ3) is 6.83. The van der Waals surface area contributed by atoms with Gasteiger partial charge < -0.3 is 15.0 Å². The molecule has 1 fully saturated rings. The van der Waals surface area contributed by atoms with Crippen molar-refractivity contribution in [3.05, 3.63) is 63.6 Å². The fraction of sp³-hybridized carbons (Fsp3) is 0.462. The number of nitrogens with zero attached hydrogens (tertiary/aromatic N) is 1. The van der Waals surface area contributed by atoms with Crippen LogP contribution in [-0.2, 0) is 16.1 Å². The molecule has 1 N–H and O–H groups in total. The quantitative estimate of drug-likeness (QED) is 0.534. The van der Waals surface area contributed by atoms with Crippen molar-refractivity contribution in [2.24, 2.45) is 0 Å². The van der Waals surface area contributed by atoms with E-state index in [1.165, 1.54) is 6.42 Å². The number of aryl methyl sites for hydroxylation is 2. The van der Waals surface area contributed by atoms with Crippen molar-refractivity contribution in [2.75, 3.05) is 6.61 Å². The average Bonchev–Trinajstić information content (AvgIpc) is 2.79. The third-order valence-electron chi connectivity index (χ3n) is 6.08. The Morgan fingerprint density at radius 2 is 1.78 bits per heavy atom. The number of carbonyl (C=O) groups excluding carboxylic acids is 2. The highest BCUT2D eigenvalue weighted by Gasteiger charge is 2.28. The summed E-state index contributed by atoms with van der Waals surface area (Å²) in [6.07, 6.45) is 5.53. The van der Waals surface area contributed by atoms with Crippen LogP contribution in [0.15, 0.2) is 46.9 Å². The molecule has 2 aromatic carbocycles. The van der Waals surface area contributed by atoms with E-state index in [1.807, 2.05) is 56.3 Å². The zero-order chi connectivity index (χ0) is 23.1. The van der Waals surface area contributed by atoms with Gasteiger partial charge in [0.1, 0.15) is 11.8 Å². The van der Waals surface area contributed by atoms with Crippen molar-refractivity contribution in [1.29, 1.82) is 0 Å². The lowest BCUT2D eigenvalue weighted by atomic mass is 9.95. The van der Waals surface area contributed by atoms with Crippen LogP contribution in [0.5, 0.6) is 5.75 Å². The molecule has 32 heavy (non-hydrogen) atoms. The van der Waals surface area contributed by atoms with Gasteiger partial charge in [-0.1, -0.05) is 59.5 Å². The van der Waals surface area contributed by atoms with E-state index in [9.17, 15) is 9.59 Å². The molecule has 0 aromatic heterocycles. The van der Waals surface area contributed by atoms with Crippen LogP contribution in [0, 0.1) is 13.8 Å². The molecule has 0 aliphatic heterocycles. The number of amides is 2. The van der Waals surface area contributed by atoms with Crippen LogP contribution >= 0.6 is 15.9 Å². The highest BCUT2D eigenvalue weighted by molar-refractivity contribution is 9.10. The van der Waals surface area contributed by atoms with Gasteiger partial charge in [0.2, 0.25) is 5.91 Å². The first kappa shape index (κ1) is 24.3. The zero-order valence-electron chi connectivity index (χ0n) is 19.2. The zero-order valence-corrected chi connectivity index (χ0v) is 20.8. The van der Waals surface area contributed by atoms with Gasteiger partial charge in [-0.3, -0.25) is 9.59 Å². The number of ether oxygens (including phenoxy) is 1. The molecule has 0 unspecified atom stereocenters. The summed E-state index contributed by atoms with van der Waals surface area (Å²) in [7, 11) is 0. The Kier molecular flexibility index (Phi) is 8.74. The summed E-state index contributed by atoms with van der Waals surface area (Å²) in [4.78, 5) is 27.9. The molecule has 1 saturated carbocycles. The Morgan fingerprint density at radius 1 is 1.09 bits per heavy atom. The van der Waals surface area contributed by atoms with Gasteiger partial charge >= 0.3 is 0 Å². The Bertz CT molecular complexity index is 923. The maximum atomic E-state index is 13.2. The molecular weight excluding hydrogens is 468 g/mol. The van der Waals surface area contributed by atoms with Crippen LogP contribution in [-0.4, -0.2) is 35.4 Å². The maximum absolute atomic E-state index is 13.2. The molecule has 3 rings (SSSR count). The Hall–Kier alpha value is -2.34. The molecule has 1 atom stereocenters. The summed E-state index contributed by atoms with van der Waals surface area (Å²) in [6.45, 7) is 5.99. The number of benzene rings is 2. The Balaban J connectivity index is 1.72. The minimum Gasteiger partial charge on any atom is -0.483 e. The minimum absolute atomic E-state index is 0.103. The number of nitrogens with one attached hydrogen (secondary N) is 1. The van der Waals surface area contributed by atoms with E-state index < -0.39 is 6.04 Å². The first-order chi connectivity index (χ1) is 15.3. The highest BCUT2D eigenvalue weighted by atomic mass is 79.9. The van der Waals surface area contributed by atoms with Gasteiger partial charge in [0.05, 0.1) is 0 Å². The van der Waals surface area contributed by atoms with Crippen molar-refractivity contribution in [3.63, 3.8) is 0 Å². The molecule has 0 spiro atoms. The molecule has 2 aromatic rings. The number of hydrogen-bond acceptors (Lipinski definition) is 3. The Labute approximate surface area is 199 Å². The monoisotopic (exact) mass is 500 g/mol. The molecule has 172 valence electrons. The summed E-state index contributed by atoms with van der Waals surface area (Å²) in [5.74, 6) is 0.385. The number of hydrogen-bond donors (Lipinski definition) is 1.